The maximum Gasteiger partial charge on any atom is 0.152 e. The number of Topliss-reactive ketones (excluding diaryl/α,β-unsaturated/α-hetero) is 1. The second-order valence-corrected chi connectivity index (χ2v) is 5.63. The van der Waals surface area contributed by atoms with E-state index in [-0.39, 0.29) is 5.54 Å². The summed E-state index contributed by atoms with van der Waals surface area (Å²) in [7, 11) is 1.97. The molecule has 2 heterocycles. The van der Waals surface area contributed by atoms with E-state index in [1.807, 2.05) is 17.8 Å². The van der Waals surface area contributed by atoms with Crippen molar-refractivity contribution in [3.8, 4) is 0 Å². The Kier molecular flexibility index (Phi) is 3.85. The van der Waals surface area contributed by atoms with E-state index < -0.39 is 0 Å². The second kappa shape index (κ2) is 5.22. The Morgan fingerprint density at radius 3 is 2.61 bits per heavy atom. The highest BCUT2D eigenvalue weighted by Crippen LogP contribution is 2.23. The number of carbonyl (C=O) groups excluding carboxylic acids is 1. The SMILES string of the molecule is Cn1ccnc1CCC(=O)C(C)(C)N1CCCC1. The second-order valence-electron chi connectivity index (χ2n) is 5.63. The maximum atomic E-state index is 12.4. The molecule has 4 heteroatoms. The number of hydrogen-bond acceptors (Lipinski definition) is 3. The standard InChI is InChI=1S/C14H23N3O/c1-14(2,17-9-4-5-10-17)12(18)6-7-13-15-8-11-16(13)3/h8,11H,4-7,9-10H2,1-3H3. The van der Waals surface area contributed by atoms with Crippen LogP contribution in [-0.2, 0) is 18.3 Å². The molecule has 0 bridgehead atoms. The Morgan fingerprint density at radius 1 is 1.39 bits per heavy atom. The quantitative estimate of drug-likeness (QED) is 0.798. The fourth-order valence-electron chi connectivity index (χ4n) is 2.62. The Balaban J connectivity index is 1.93. The number of rotatable bonds is 5. The molecule has 0 radical (unpaired) electrons. The monoisotopic (exact) mass is 249 g/mol. The fraction of sp³-hybridized carbons (Fsp3) is 0.714. The van der Waals surface area contributed by atoms with Crippen LogP contribution in [0.4, 0.5) is 0 Å². The number of ketones is 1. The normalized spacial score (nSPS) is 17.3. The van der Waals surface area contributed by atoms with Crippen molar-refractivity contribution in [1.29, 1.82) is 0 Å². The average Bonchev–Trinajstić information content (AvgIpc) is 2.97. The van der Waals surface area contributed by atoms with Gasteiger partial charge in [0.2, 0.25) is 0 Å². The van der Waals surface area contributed by atoms with E-state index >= 15 is 0 Å². The van der Waals surface area contributed by atoms with Crippen LogP contribution in [0, 0.1) is 0 Å². The van der Waals surface area contributed by atoms with Crippen molar-refractivity contribution in [2.45, 2.75) is 45.1 Å². The zero-order valence-corrected chi connectivity index (χ0v) is 11.6. The largest absolute Gasteiger partial charge is 0.338 e. The summed E-state index contributed by atoms with van der Waals surface area (Å²) in [5.41, 5.74) is -0.318. The molecule has 0 spiro atoms. The predicted molar refractivity (Wildman–Crippen MR) is 71.4 cm³/mol. The van der Waals surface area contributed by atoms with Gasteiger partial charge in [0.25, 0.3) is 0 Å². The van der Waals surface area contributed by atoms with Gasteiger partial charge in [-0.25, -0.2) is 4.98 Å². The van der Waals surface area contributed by atoms with Crippen LogP contribution < -0.4 is 0 Å². The van der Waals surface area contributed by atoms with Gasteiger partial charge in [0, 0.05) is 32.3 Å². The smallest absolute Gasteiger partial charge is 0.152 e. The van der Waals surface area contributed by atoms with Crippen LogP contribution in [0.25, 0.3) is 0 Å². The van der Waals surface area contributed by atoms with E-state index in [1.54, 1.807) is 6.20 Å². The molecule has 1 fully saturated rings. The number of hydrogen-bond donors (Lipinski definition) is 0. The molecule has 0 aliphatic carbocycles. The molecule has 0 unspecified atom stereocenters. The minimum absolute atomic E-state index is 0.318. The van der Waals surface area contributed by atoms with Gasteiger partial charge in [-0.3, -0.25) is 9.69 Å². The summed E-state index contributed by atoms with van der Waals surface area (Å²) < 4.78 is 1.98. The first kappa shape index (κ1) is 13.3. The van der Waals surface area contributed by atoms with Gasteiger partial charge in [-0.05, 0) is 39.8 Å². The molecular weight excluding hydrogens is 226 g/mol. The van der Waals surface area contributed by atoms with Gasteiger partial charge in [0.15, 0.2) is 5.78 Å². The highest BCUT2D eigenvalue weighted by atomic mass is 16.1. The summed E-state index contributed by atoms with van der Waals surface area (Å²) in [5.74, 6) is 1.31. The van der Waals surface area contributed by atoms with Crippen LogP contribution in [0.2, 0.25) is 0 Å². The lowest BCUT2D eigenvalue weighted by Gasteiger charge is -2.33. The van der Waals surface area contributed by atoms with Gasteiger partial charge in [-0.15, -0.1) is 0 Å². The molecule has 0 amide bonds. The molecule has 4 nitrogen and oxygen atoms in total. The first-order valence-corrected chi connectivity index (χ1v) is 6.76. The highest BCUT2D eigenvalue weighted by Gasteiger charge is 2.35. The van der Waals surface area contributed by atoms with Gasteiger partial charge in [-0.2, -0.15) is 0 Å². The zero-order chi connectivity index (χ0) is 13.2. The Hall–Kier alpha value is -1.16. The minimum atomic E-state index is -0.318. The summed E-state index contributed by atoms with van der Waals surface area (Å²) in [6.07, 6.45) is 7.46. The van der Waals surface area contributed by atoms with Gasteiger partial charge < -0.3 is 4.57 Å². The van der Waals surface area contributed by atoms with E-state index in [2.05, 4.69) is 23.7 Å². The van der Waals surface area contributed by atoms with Crippen LogP contribution in [-0.4, -0.2) is 38.9 Å². The van der Waals surface area contributed by atoms with E-state index in [0.717, 1.165) is 25.3 Å². The molecule has 1 aliphatic heterocycles. The van der Waals surface area contributed by atoms with Crippen molar-refractivity contribution in [2.75, 3.05) is 13.1 Å². The summed E-state index contributed by atoms with van der Waals surface area (Å²) >= 11 is 0. The predicted octanol–water partition coefficient (Wildman–Crippen LogP) is 1.80. The molecular formula is C14H23N3O. The molecule has 0 saturated carbocycles. The average molecular weight is 249 g/mol. The number of nitrogens with zero attached hydrogens (tertiary/aromatic N) is 3. The molecule has 0 aromatic carbocycles. The van der Waals surface area contributed by atoms with Crippen molar-refractivity contribution >= 4 is 5.78 Å². The molecule has 0 atom stereocenters. The number of aryl methyl sites for hydroxylation is 2. The van der Waals surface area contributed by atoms with Crippen LogP contribution >= 0.6 is 0 Å². The first-order chi connectivity index (χ1) is 8.51. The van der Waals surface area contributed by atoms with E-state index in [4.69, 9.17) is 0 Å². The summed E-state index contributed by atoms with van der Waals surface area (Å²) in [6, 6.07) is 0. The maximum absolute atomic E-state index is 12.4. The lowest BCUT2D eigenvalue weighted by molar-refractivity contribution is -0.128. The van der Waals surface area contributed by atoms with Crippen molar-refractivity contribution in [3.63, 3.8) is 0 Å². The van der Waals surface area contributed by atoms with Crippen LogP contribution in [0.5, 0.6) is 0 Å². The van der Waals surface area contributed by atoms with E-state index in [9.17, 15) is 4.79 Å². The number of aromatic nitrogens is 2. The van der Waals surface area contributed by atoms with Gasteiger partial charge in [-0.1, -0.05) is 0 Å². The molecule has 1 saturated heterocycles. The van der Waals surface area contributed by atoms with Gasteiger partial charge >= 0.3 is 0 Å². The third-order valence-electron chi connectivity index (χ3n) is 4.08. The molecule has 100 valence electrons. The van der Waals surface area contributed by atoms with E-state index in [0.29, 0.717) is 12.2 Å². The topological polar surface area (TPSA) is 38.1 Å². The summed E-state index contributed by atoms with van der Waals surface area (Å²) in [6.45, 7) is 6.22. The van der Waals surface area contributed by atoms with Crippen molar-refractivity contribution in [3.05, 3.63) is 18.2 Å². The Morgan fingerprint density at radius 2 is 2.06 bits per heavy atom. The molecule has 1 aromatic heterocycles. The summed E-state index contributed by atoms with van der Waals surface area (Å²) in [4.78, 5) is 19.0. The summed E-state index contributed by atoms with van der Waals surface area (Å²) in [5, 5.41) is 0. The van der Waals surface area contributed by atoms with Crippen LogP contribution in [0.1, 0.15) is 38.9 Å². The Bertz CT molecular complexity index is 416. The Labute approximate surface area is 109 Å². The van der Waals surface area contributed by atoms with Crippen molar-refractivity contribution in [2.24, 2.45) is 7.05 Å². The minimum Gasteiger partial charge on any atom is -0.338 e. The van der Waals surface area contributed by atoms with Crippen molar-refractivity contribution in [1.82, 2.24) is 14.5 Å². The zero-order valence-electron chi connectivity index (χ0n) is 11.6. The lowest BCUT2D eigenvalue weighted by atomic mass is 9.93. The molecule has 0 N–H and O–H groups in total. The van der Waals surface area contributed by atoms with Gasteiger partial charge in [0.05, 0.1) is 5.54 Å². The number of imidazole rings is 1. The highest BCUT2D eigenvalue weighted by molar-refractivity contribution is 5.87. The molecule has 1 aromatic rings. The van der Waals surface area contributed by atoms with Crippen LogP contribution in [0.3, 0.4) is 0 Å². The van der Waals surface area contributed by atoms with Crippen molar-refractivity contribution < 1.29 is 4.79 Å². The molecule has 2 rings (SSSR count). The molecule has 1 aliphatic rings. The molecule has 18 heavy (non-hydrogen) atoms. The third kappa shape index (κ3) is 2.64. The first-order valence-electron chi connectivity index (χ1n) is 6.76. The van der Waals surface area contributed by atoms with Gasteiger partial charge in [0.1, 0.15) is 5.82 Å². The third-order valence-corrected chi connectivity index (χ3v) is 4.08. The fourth-order valence-corrected chi connectivity index (χ4v) is 2.62. The number of carbonyl (C=O) groups is 1. The lowest BCUT2D eigenvalue weighted by Crippen LogP contribution is -2.48. The van der Waals surface area contributed by atoms with E-state index in [1.165, 1.54) is 12.8 Å². The number of likely N-dealkylation sites (tertiary alicyclic amines) is 1. The van der Waals surface area contributed by atoms with Crippen LogP contribution in [0.15, 0.2) is 12.4 Å².